The molecule has 0 bridgehead atoms. The number of rotatable bonds is 7. The van der Waals surface area contributed by atoms with Gasteiger partial charge in [-0.1, -0.05) is 6.92 Å². The maximum Gasteiger partial charge on any atom is 0.513 e. The summed E-state index contributed by atoms with van der Waals surface area (Å²) in [5.74, 6) is -0.165. The van der Waals surface area contributed by atoms with E-state index in [0.29, 0.717) is 48.8 Å². The number of alkyl halides is 3. The number of ether oxygens (including phenoxy) is 4. The molecule has 1 aromatic carbocycles. The van der Waals surface area contributed by atoms with Crippen LogP contribution in [-0.2, 0) is 25.4 Å². The smallest absolute Gasteiger partial charge is 0.484 e. The highest BCUT2D eigenvalue weighted by Gasteiger charge is 2.50. The quantitative estimate of drug-likeness (QED) is 0.557. The van der Waals surface area contributed by atoms with Gasteiger partial charge in [-0.2, -0.15) is 13.2 Å². The molecule has 10 heteroatoms. The Labute approximate surface area is 196 Å². The van der Waals surface area contributed by atoms with Crippen LogP contribution in [-0.4, -0.2) is 50.2 Å². The Balaban J connectivity index is 2.10. The molecule has 1 fully saturated rings. The molecule has 1 heterocycles. The lowest BCUT2D eigenvalue weighted by Crippen LogP contribution is -2.49. The highest BCUT2D eigenvalue weighted by Crippen LogP contribution is 2.45. The van der Waals surface area contributed by atoms with Crippen molar-refractivity contribution < 1.29 is 41.7 Å². The Morgan fingerprint density at radius 2 is 1.88 bits per heavy atom. The van der Waals surface area contributed by atoms with Crippen LogP contribution in [0.2, 0.25) is 0 Å². The minimum atomic E-state index is -4.47. The third kappa shape index (κ3) is 5.48. The second-order valence-corrected chi connectivity index (χ2v) is 8.49. The van der Waals surface area contributed by atoms with Crippen molar-refractivity contribution in [3.63, 3.8) is 0 Å². The number of methoxy groups -OCH3 is 1. The SMILES string of the molecule is CCOC(=O)OC1=C(c2c(C)cc(OCC(F)(F)F)cc2CC)C(=O)NC12CCC(OC)CC2. The number of benzene rings is 1. The summed E-state index contributed by atoms with van der Waals surface area (Å²) in [5, 5.41) is 3.02. The molecule has 34 heavy (non-hydrogen) atoms. The largest absolute Gasteiger partial charge is 0.513 e. The molecule has 1 N–H and O–H groups in total. The van der Waals surface area contributed by atoms with Gasteiger partial charge in [0.15, 0.2) is 6.61 Å². The predicted molar refractivity (Wildman–Crippen MR) is 117 cm³/mol. The number of aryl methyl sites for hydroxylation is 2. The molecule has 1 aromatic rings. The first-order valence-electron chi connectivity index (χ1n) is 11.3. The minimum absolute atomic E-state index is 0.0356. The topological polar surface area (TPSA) is 83.1 Å². The minimum Gasteiger partial charge on any atom is -0.484 e. The van der Waals surface area contributed by atoms with Gasteiger partial charge in [-0.3, -0.25) is 4.79 Å². The van der Waals surface area contributed by atoms with Crippen LogP contribution in [0.3, 0.4) is 0 Å². The van der Waals surface area contributed by atoms with Gasteiger partial charge < -0.3 is 24.3 Å². The number of hydrogen-bond acceptors (Lipinski definition) is 6. The first-order valence-corrected chi connectivity index (χ1v) is 11.3. The standard InChI is InChI=1S/C24H30F3NO6/c1-5-15-12-17(33-13-24(25,26)27)11-14(3)18(15)19-20(34-22(30)32-6-2)23(28-21(19)29)9-7-16(31-4)8-10-23/h11-12,16H,5-10,13H2,1-4H3,(H,28,29). The lowest BCUT2D eigenvalue weighted by Gasteiger charge is -2.37. The number of halogens is 3. The van der Waals surface area contributed by atoms with Crippen LogP contribution in [0, 0.1) is 6.92 Å². The molecule has 3 rings (SSSR count). The maximum absolute atomic E-state index is 13.3. The molecule has 7 nitrogen and oxygen atoms in total. The monoisotopic (exact) mass is 485 g/mol. The fraction of sp³-hybridized carbons (Fsp3) is 0.583. The van der Waals surface area contributed by atoms with E-state index in [0.717, 1.165) is 0 Å². The van der Waals surface area contributed by atoms with Crippen molar-refractivity contribution in [2.24, 2.45) is 0 Å². The van der Waals surface area contributed by atoms with Crippen molar-refractivity contribution in [1.29, 1.82) is 0 Å². The van der Waals surface area contributed by atoms with E-state index >= 15 is 0 Å². The summed E-state index contributed by atoms with van der Waals surface area (Å²) in [6.45, 7) is 3.84. The molecule has 2 aliphatic rings. The van der Waals surface area contributed by atoms with Crippen LogP contribution in [0.1, 0.15) is 56.2 Å². The van der Waals surface area contributed by atoms with Gasteiger partial charge in [-0.25, -0.2) is 4.79 Å². The number of carbonyl (C=O) groups is 2. The average Bonchev–Trinajstić information content (AvgIpc) is 3.02. The summed E-state index contributed by atoms with van der Waals surface area (Å²) in [7, 11) is 1.63. The fourth-order valence-electron chi connectivity index (χ4n) is 4.67. The van der Waals surface area contributed by atoms with Crippen molar-refractivity contribution in [3.05, 3.63) is 34.6 Å². The van der Waals surface area contributed by atoms with E-state index < -0.39 is 30.4 Å². The molecule has 0 aromatic heterocycles. The van der Waals surface area contributed by atoms with Crippen LogP contribution in [0.4, 0.5) is 18.0 Å². The van der Waals surface area contributed by atoms with Gasteiger partial charge in [-0.15, -0.1) is 0 Å². The summed E-state index contributed by atoms with van der Waals surface area (Å²) < 4.78 is 58.9. The lowest BCUT2D eigenvalue weighted by molar-refractivity contribution is -0.153. The Bertz CT molecular complexity index is 964. The molecule has 188 valence electrons. The second-order valence-electron chi connectivity index (χ2n) is 8.49. The third-order valence-corrected chi connectivity index (χ3v) is 6.23. The summed E-state index contributed by atoms with van der Waals surface area (Å²) >= 11 is 0. The van der Waals surface area contributed by atoms with E-state index in [9.17, 15) is 22.8 Å². The van der Waals surface area contributed by atoms with Gasteiger partial charge >= 0.3 is 12.3 Å². The molecule has 0 atom stereocenters. The summed E-state index contributed by atoms with van der Waals surface area (Å²) in [6, 6.07) is 2.94. The number of hydrogen-bond donors (Lipinski definition) is 1. The molecule has 1 aliphatic carbocycles. The number of nitrogens with one attached hydrogen (secondary N) is 1. The zero-order valence-electron chi connectivity index (χ0n) is 19.8. The van der Waals surface area contributed by atoms with Crippen LogP contribution in [0.5, 0.6) is 5.75 Å². The second kappa shape index (κ2) is 10.2. The van der Waals surface area contributed by atoms with Gasteiger partial charge in [0.2, 0.25) is 0 Å². The highest BCUT2D eigenvalue weighted by atomic mass is 19.4. The van der Waals surface area contributed by atoms with Gasteiger partial charge in [0.25, 0.3) is 5.91 Å². The first kappa shape index (κ1) is 25.9. The van der Waals surface area contributed by atoms with Crippen molar-refractivity contribution in [3.8, 4) is 5.75 Å². The van der Waals surface area contributed by atoms with E-state index in [1.54, 1.807) is 21.0 Å². The van der Waals surface area contributed by atoms with E-state index in [1.807, 2.05) is 6.92 Å². The third-order valence-electron chi connectivity index (χ3n) is 6.23. The van der Waals surface area contributed by atoms with E-state index in [4.69, 9.17) is 18.9 Å². The van der Waals surface area contributed by atoms with E-state index in [2.05, 4.69) is 5.32 Å². The maximum atomic E-state index is 13.3. The lowest BCUT2D eigenvalue weighted by atomic mass is 9.78. The van der Waals surface area contributed by atoms with E-state index in [1.165, 1.54) is 12.1 Å². The van der Waals surface area contributed by atoms with Gasteiger partial charge in [0, 0.05) is 7.11 Å². The Morgan fingerprint density at radius 1 is 1.21 bits per heavy atom. The summed E-state index contributed by atoms with van der Waals surface area (Å²) in [6.07, 6.45) is -2.62. The Morgan fingerprint density at radius 3 is 2.44 bits per heavy atom. The molecule has 1 amide bonds. The Kier molecular flexibility index (Phi) is 7.80. The number of carbonyl (C=O) groups excluding carboxylic acids is 2. The van der Waals surface area contributed by atoms with Crippen LogP contribution in [0.25, 0.3) is 5.57 Å². The first-order chi connectivity index (χ1) is 16.0. The average molecular weight is 485 g/mol. The van der Waals surface area contributed by atoms with Crippen LogP contribution in [0.15, 0.2) is 17.9 Å². The molecular weight excluding hydrogens is 455 g/mol. The van der Waals surface area contributed by atoms with Crippen LogP contribution < -0.4 is 10.1 Å². The summed E-state index contributed by atoms with van der Waals surface area (Å²) in [4.78, 5) is 25.6. The van der Waals surface area contributed by atoms with Gasteiger partial charge in [0.1, 0.15) is 11.5 Å². The van der Waals surface area contributed by atoms with E-state index in [-0.39, 0.29) is 29.8 Å². The molecular formula is C24H30F3NO6. The highest BCUT2D eigenvalue weighted by molar-refractivity contribution is 6.24. The van der Waals surface area contributed by atoms with Crippen LogP contribution >= 0.6 is 0 Å². The summed E-state index contributed by atoms with van der Waals surface area (Å²) in [5.41, 5.74) is 0.964. The molecule has 1 aliphatic heterocycles. The van der Waals surface area contributed by atoms with Crippen molar-refractivity contribution in [2.75, 3.05) is 20.3 Å². The molecule has 0 unspecified atom stereocenters. The predicted octanol–water partition coefficient (Wildman–Crippen LogP) is 4.84. The van der Waals surface area contributed by atoms with Gasteiger partial charge in [0.05, 0.1) is 23.8 Å². The fourth-order valence-corrected chi connectivity index (χ4v) is 4.67. The molecule has 1 spiro atoms. The van der Waals surface area contributed by atoms with Crippen molar-refractivity contribution >= 4 is 17.6 Å². The zero-order valence-corrected chi connectivity index (χ0v) is 19.8. The van der Waals surface area contributed by atoms with Crippen molar-refractivity contribution in [2.45, 2.75) is 70.7 Å². The molecule has 1 saturated carbocycles. The van der Waals surface area contributed by atoms with Gasteiger partial charge in [-0.05, 0) is 74.8 Å². The molecule has 0 saturated heterocycles. The normalized spacial score (nSPS) is 22.7. The number of amides is 1. The van der Waals surface area contributed by atoms with Crippen molar-refractivity contribution in [1.82, 2.24) is 5.32 Å². The Hall–Kier alpha value is -2.75. The molecule has 0 radical (unpaired) electrons. The zero-order chi connectivity index (χ0) is 25.1.